The second-order valence-corrected chi connectivity index (χ2v) is 3.17. The van der Waals surface area contributed by atoms with Crippen molar-refractivity contribution in [2.24, 2.45) is 0 Å². The molecule has 2 rings (SSSR count). The molecule has 1 aromatic rings. The molecular weight excluding hydrogens is 204 g/mol. The molecule has 1 aliphatic rings. The van der Waals surface area contributed by atoms with Gasteiger partial charge in [-0.2, -0.15) is 0 Å². The normalized spacial score (nSPS) is 10.2. The summed E-state index contributed by atoms with van der Waals surface area (Å²) in [5, 5.41) is 1.20. The maximum Gasteiger partial charge on any atom is 0.115 e. The Morgan fingerprint density at radius 3 is 2.60 bits per heavy atom. The molecule has 0 bridgehead atoms. The zero-order chi connectivity index (χ0) is 7.40. The van der Waals surface area contributed by atoms with E-state index in [0.29, 0.717) is 0 Å². The third-order valence-corrected chi connectivity index (χ3v) is 1.77. The first-order chi connectivity index (χ1) is 4.88. The van der Waals surface area contributed by atoms with Crippen LogP contribution < -0.4 is 0 Å². The van der Waals surface area contributed by atoms with E-state index in [1.807, 2.05) is 12.3 Å². The summed E-state index contributed by atoms with van der Waals surface area (Å²) in [5.74, 6) is 0. The molecule has 0 aromatic carbocycles. The third-order valence-electron chi connectivity index (χ3n) is 0.901. The summed E-state index contributed by atoms with van der Waals surface area (Å²) in [6, 6.07) is 4.03. The van der Waals surface area contributed by atoms with Crippen LogP contribution in [0.5, 0.6) is 0 Å². The Hall–Kier alpha value is 0.0434. The van der Waals surface area contributed by atoms with Gasteiger partial charge in [0.2, 0.25) is 0 Å². The van der Waals surface area contributed by atoms with E-state index >= 15 is 0 Å². The smallest absolute Gasteiger partial charge is 0.115 e. The average Bonchev–Trinajstić information content (AvgIpc) is 2.66. The molecule has 0 amide bonds. The number of hydrogen-bond acceptors (Lipinski definition) is 4. The van der Waals surface area contributed by atoms with Crippen LogP contribution in [0.25, 0.3) is 0 Å². The molecule has 0 fully saturated rings. The summed E-state index contributed by atoms with van der Waals surface area (Å²) >= 11 is -0.127. The van der Waals surface area contributed by atoms with Crippen molar-refractivity contribution in [3.8, 4) is 0 Å². The van der Waals surface area contributed by atoms with E-state index in [2.05, 4.69) is 11.1 Å². The number of aromatic nitrogens is 1. The molecule has 5 heteroatoms. The minimum absolute atomic E-state index is 1.20. The Labute approximate surface area is 70.9 Å². The fraction of sp³-hybridized carbons (Fsp3) is 0. The van der Waals surface area contributed by atoms with E-state index in [-0.39, 0.29) is 0 Å². The molecule has 0 unspecified atom stereocenters. The van der Waals surface area contributed by atoms with Crippen molar-refractivity contribution in [3.05, 3.63) is 18.3 Å². The van der Waals surface area contributed by atoms with Gasteiger partial charge in [-0.1, -0.05) is 11.8 Å². The summed E-state index contributed by atoms with van der Waals surface area (Å²) in [4.78, 5) is 5.37. The van der Waals surface area contributed by atoms with Gasteiger partial charge >= 0.3 is 25.7 Å². The van der Waals surface area contributed by atoms with Gasteiger partial charge in [-0.15, -0.1) is 0 Å². The Morgan fingerprint density at radius 1 is 1.50 bits per heavy atom. The summed E-state index contributed by atoms with van der Waals surface area (Å²) in [7, 11) is 0. The number of nitrogens with zero attached hydrogens (tertiary/aromatic N) is 1. The Kier molecular flexibility index (Phi) is 3.28. The van der Waals surface area contributed by atoms with Crippen LogP contribution in [0, 0.1) is 0 Å². The zero-order valence-electron chi connectivity index (χ0n) is 5.19. The van der Waals surface area contributed by atoms with E-state index < -0.39 is 17.8 Å². The fourth-order valence-corrected chi connectivity index (χ4v) is 1.05. The van der Waals surface area contributed by atoms with Gasteiger partial charge in [0, 0.05) is 11.1 Å². The van der Waals surface area contributed by atoms with Crippen molar-refractivity contribution in [1.82, 2.24) is 4.98 Å². The average molecular weight is 209 g/mol. The molecule has 0 spiro atoms. The Morgan fingerprint density at radius 2 is 2.20 bits per heavy atom. The van der Waals surface area contributed by atoms with E-state index in [9.17, 15) is 0 Å². The molecule has 1 aliphatic heterocycles. The van der Waals surface area contributed by atoms with E-state index in [4.69, 9.17) is 7.87 Å². The SMILES string of the molecule is [OH][Zn][OH].c1cnc2c(c1)S2. The van der Waals surface area contributed by atoms with Gasteiger partial charge in [-0.25, -0.2) is 4.98 Å². The molecule has 2 heterocycles. The van der Waals surface area contributed by atoms with Crippen molar-refractivity contribution >= 4 is 11.8 Å². The molecule has 0 radical (unpaired) electrons. The summed E-state index contributed by atoms with van der Waals surface area (Å²) in [6.45, 7) is 0. The van der Waals surface area contributed by atoms with Gasteiger partial charge in [-0.05, 0) is 12.1 Å². The van der Waals surface area contributed by atoms with Crippen molar-refractivity contribution in [3.63, 3.8) is 0 Å². The van der Waals surface area contributed by atoms with Crippen molar-refractivity contribution in [1.29, 1.82) is 0 Å². The number of rotatable bonds is 0. The largest absolute Gasteiger partial charge is 0.248 e. The maximum absolute atomic E-state index is 7.31. The topological polar surface area (TPSA) is 53.4 Å². The van der Waals surface area contributed by atoms with Crippen molar-refractivity contribution in [2.75, 3.05) is 0 Å². The van der Waals surface area contributed by atoms with Gasteiger partial charge in [0.05, 0.1) is 0 Å². The summed E-state index contributed by atoms with van der Waals surface area (Å²) in [5.41, 5.74) is 0. The molecule has 3 nitrogen and oxygen atoms in total. The first-order valence-corrected chi connectivity index (χ1v) is 6.20. The summed E-state index contributed by atoms with van der Waals surface area (Å²) in [6.07, 6.45) is 1.82. The minimum Gasteiger partial charge on any atom is -0.248 e. The standard InChI is InChI=1S/C5H3NS.2H2O.Zn/c1-2-4-5(7-4)6-3-1;;;/h1-3H;2*1H2;/q;;;+2/p-2. The van der Waals surface area contributed by atoms with Crippen LogP contribution >= 0.6 is 11.8 Å². The first kappa shape index (κ1) is 8.14. The summed E-state index contributed by atoms with van der Waals surface area (Å²) < 4.78 is 14.6. The molecular formula is C5H5NO2SZn. The van der Waals surface area contributed by atoms with Gasteiger partial charge in [0.25, 0.3) is 0 Å². The fourth-order valence-electron chi connectivity index (χ4n) is 0.515. The molecule has 0 atom stereocenters. The predicted molar refractivity (Wildman–Crippen MR) is 32.8 cm³/mol. The Balaban J connectivity index is 0.000000148. The predicted octanol–water partition coefficient (Wildman–Crippen LogP) is 0.430. The molecule has 0 aliphatic carbocycles. The van der Waals surface area contributed by atoms with Gasteiger partial charge in [0.1, 0.15) is 5.03 Å². The molecule has 50 valence electrons. The van der Waals surface area contributed by atoms with E-state index in [0.717, 1.165) is 0 Å². The third kappa shape index (κ3) is 2.35. The molecule has 2 N–H and O–H groups in total. The van der Waals surface area contributed by atoms with Gasteiger partial charge in [-0.3, -0.25) is 0 Å². The Bertz CT molecular complexity index is 200. The van der Waals surface area contributed by atoms with E-state index in [1.54, 1.807) is 11.8 Å². The van der Waals surface area contributed by atoms with Gasteiger partial charge < -0.3 is 0 Å². The molecule has 1 aromatic heterocycles. The second-order valence-electron chi connectivity index (χ2n) is 1.55. The minimum atomic E-state index is -1.88. The van der Waals surface area contributed by atoms with Crippen LogP contribution in [0.15, 0.2) is 28.3 Å². The quantitative estimate of drug-likeness (QED) is 0.487. The molecule has 0 saturated heterocycles. The number of hydrogen-bond donors (Lipinski definition) is 2. The van der Waals surface area contributed by atoms with Crippen LogP contribution in [0.3, 0.4) is 0 Å². The van der Waals surface area contributed by atoms with E-state index in [1.165, 1.54) is 9.92 Å². The monoisotopic (exact) mass is 207 g/mol. The van der Waals surface area contributed by atoms with Crippen molar-refractivity contribution < 1.29 is 25.7 Å². The first-order valence-electron chi connectivity index (χ1n) is 2.73. The van der Waals surface area contributed by atoms with Gasteiger partial charge in [0.15, 0.2) is 0 Å². The molecule has 0 saturated carbocycles. The van der Waals surface area contributed by atoms with Crippen LogP contribution in [0.4, 0.5) is 0 Å². The zero-order valence-corrected chi connectivity index (χ0v) is 8.97. The number of fused-ring (bicyclic) bond motifs is 1. The van der Waals surface area contributed by atoms with Crippen LogP contribution in [-0.2, 0) is 17.8 Å². The second kappa shape index (κ2) is 4.03. The van der Waals surface area contributed by atoms with Crippen LogP contribution in [-0.4, -0.2) is 12.8 Å². The molecule has 10 heavy (non-hydrogen) atoms. The van der Waals surface area contributed by atoms with Crippen molar-refractivity contribution in [2.45, 2.75) is 9.92 Å². The number of pyridine rings is 1. The van der Waals surface area contributed by atoms with Crippen LogP contribution in [0.1, 0.15) is 0 Å². The maximum atomic E-state index is 7.31. The van der Waals surface area contributed by atoms with Crippen LogP contribution in [0.2, 0.25) is 0 Å².